The Hall–Kier alpha value is -2.34. The van der Waals surface area contributed by atoms with Gasteiger partial charge in [-0.05, 0) is 39.8 Å². The Morgan fingerprint density at radius 2 is 1.96 bits per heavy atom. The fourth-order valence-corrected chi connectivity index (χ4v) is 3.25. The first-order valence-electron chi connectivity index (χ1n) is 8.11. The van der Waals surface area contributed by atoms with Crippen molar-refractivity contribution in [3.8, 4) is 0 Å². The van der Waals surface area contributed by atoms with Crippen molar-refractivity contribution in [3.05, 3.63) is 39.6 Å². The minimum Gasteiger partial charge on any atom is -0.454 e. The third-order valence-corrected chi connectivity index (χ3v) is 4.04. The fraction of sp³-hybridized carbons (Fsp3) is 0.444. The molecule has 24 heavy (non-hydrogen) atoms. The predicted octanol–water partition coefficient (Wildman–Crippen LogP) is 4.38. The molecule has 0 spiro atoms. The van der Waals surface area contributed by atoms with Gasteiger partial charge in [-0.2, -0.15) is 0 Å². The van der Waals surface area contributed by atoms with Gasteiger partial charge in [0, 0.05) is 25.2 Å². The Kier molecular flexibility index (Phi) is 4.32. The highest BCUT2D eigenvalue weighted by Crippen LogP contribution is 2.38. The summed E-state index contributed by atoms with van der Waals surface area (Å²) in [6.07, 6.45) is 2.17. The molecule has 6 heteroatoms. The summed E-state index contributed by atoms with van der Waals surface area (Å²) in [6.45, 7) is 9.53. The van der Waals surface area contributed by atoms with E-state index >= 15 is 0 Å². The van der Waals surface area contributed by atoms with Crippen LogP contribution in [0.4, 0.5) is 11.4 Å². The number of nitrogens with zero attached hydrogens (tertiary/aromatic N) is 2. The van der Waals surface area contributed by atoms with Gasteiger partial charge < -0.3 is 14.1 Å². The maximum Gasteiger partial charge on any atom is 0.270 e. The zero-order valence-electron chi connectivity index (χ0n) is 14.4. The molecule has 1 saturated heterocycles. The van der Waals surface area contributed by atoms with Crippen molar-refractivity contribution in [2.45, 2.75) is 39.9 Å². The van der Waals surface area contributed by atoms with Crippen molar-refractivity contribution in [3.63, 3.8) is 0 Å². The molecule has 1 aliphatic heterocycles. The van der Waals surface area contributed by atoms with Gasteiger partial charge in [0.25, 0.3) is 5.69 Å². The average molecular weight is 330 g/mol. The Morgan fingerprint density at radius 3 is 2.54 bits per heavy atom. The van der Waals surface area contributed by atoms with E-state index in [9.17, 15) is 10.1 Å². The van der Waals surface area contributed by atoms with E-state index in [1.165, 1.54) is 6.07 Å². The summed E-state index contributed by atoms with van der Waals surface area (Å²) in [5.74, 6) is 0.742. The number of morpholine rings is 1. The molecule has 0 amide bonds. The summed E-state index contributed by atoms with van der Waals surface area (Å²) in [5.41, 5.74) is 2.76. The molecular formula is C18H22N2O4. The van der Waals surface area contributed by atoms with E-state index in [0.717, 1.165) is 35.5 Å². The topological polar surface area (TPSA) is 68.8 Å². The number of allylic oxidation sites excluding steroid dienone is 1. The van der Waals surface area contributed by atoms with Gasteiger partial charge in [-0.1, -0.05) is 5.57 Å². The van der Waals surface area contributed by atoms with Crippen molar-refractivity contribution in [2.24, 2.45) is 0 Å². The van der Waals surface area contributed by atoms with Gasteiger partial charge in [-0.25, -0.2) is 0 Å². The number of nitro groups is 1. The molecule has 0 bridgehead atoms. The summed E-state index contributed by atoms with van der Waals surface area (Å²) < 4.78 is 11.8. The second-order valence-electron chi connectivity index (χ2n) is 6.64. The summed E-state index contributed by atoms with van der Waals surface area (Å²) in [5, 5.41) is 11.9. The fourth-order valence-electron chi connectivity index (χ4n) is 3.25. The number of anilines is 1. The van der Waals surface area contributed by atoms with Crippen LogP contribution in [0.3, 0.4) is 0 Å². The lowest BCUT2D eigenvalue weighted by Crippen LogP contribution is -2.45. The van der Waals surface area contributed by atoms with Crippen LogP contribution in [0, 0.1) is 10.1 Å². The molecule has 6 nitrogen and oxygen atoms in total. The zero-order valence-corrected chi connectivity index (χ0v) is 14.4. The Balaban J connectivity index is 2.19. The van der Waals surface area contributed by atoms with E-state index in [0.29, 0.717) is 5.58 Å². The standard InChI is InChI=1S/C18H22N2O4/c1-11(2)7-17-18(19-9-12(3)23-13(4)10-19)15-8-14(20(21)22)5-6-16(15)24-17/h5-8,12-13H,9-10H2,1-4H3/t12-,13-/m0/s1. The van der Waals surface area contributed by atoms with Crippen molar-refractivity contribution >= 4 is 28.4 Å². The minimum absolute atomic E-state index is 0.0719. The monoisotopic (exact) mass is 330 g/mol. The van der Waals surface area contributed by atoms with Crippen LogP contribution in [0.2, 0.25) is 0 Å². The van der Waals surface area contributed by atoms with Crippen molar-refractivity contribution in [2.75, 3.05) is 18.0 Å². The van der Waals surface area contributed by atoms with Gasteiger partial charge in [-0.3, -0.25) is 10.1 Å². The molecule has 2 atom stereocenters. The quantitative estimate of drug-likeness (QED) is 0.617. The van der Waals surface area contributed by atoms with Crippen LogP contribution in [0.5, 0.6) is 0 Å². The Bertz CT molecular complexity index is 795. The zero-order chi connectivity index (χ0) is 17.4. The van der Waals surface area contributed by atoms with Crippen molar-refractivity contribution < 1.29 is 14.1 Å². The summed E-state index contributed by atoms with van der Waals surface area (Å²) in [7, 11) is 0. The molecule has 0 radical (unpaired) electrons. The van der Waals surface area contributed by atoms with Crippen LogP contribution in [-0.4, -0.2) is 30.2 Å². The maximum atomic E-state index is 11.2. The van der Waals surface area contributed by atoms with Gasteiger partial charge in [0.05, 0.1) is 28.2 Å². The Morgan fingerprint density at radius 1 is 1.29 bits per heavy atom. The first kappa shape index (κ1) is 16.5. The van der Waals surface area contributed by atoms with Crippen molar-refractivity contribution in [1.29, 1.82) is 0 Å². The summed E-state index contributed by atoms with van der Waals surface area (Å²) >= 11 is 0. The lowest BCUT2D eigenvalue weighted by molar-refractivity contribution is -0.384. The molecule has 0 saturated carbocycles. The third-order valence-electron chi connectivity index (χ3n) is 4.04. The second kappa shape index (κ2) is 6.28. The van der Waals surface area contributed by atoms with E-state index in [4.69, 9.17) is 9.15 Å². The number of fused-ring (bicyclic) bond motifs is 1. The second-order valence-corrected chi connectivity index (χ2v) is 6.64. The van der Waals surface area contributed by atoms with Crippen LogP contribution in [0.1, 0.15) is 33.5 Å². The van der Waals surface area contributed by atoms with Gasteiger partial charge in [0.2, 0.25) is 0 Å². The van der Waals surface area contributed by atoms with Gasteiger partial charge in [0.1, 0.15) is 5.58 Å². The number of benzene rings is 1. The van der Waals surface area contributed by atoms with Crippen LogP contribution in [0.25, 0.3) is 17.0 Å². The maximum absolute atomic E-state index is 11.2. The molecule has 0 unspecified atom stereocenters. The SMILES string of the molecule is CC(C)=Cc1oc2ccc([N+](=O)[O-])cc2c1N1C[C@H](C)O[C@@H](C)C1. The van der Waals surface area contributed by atoms with Crippen molar-refractivity contribution in [1.82, 2.24) is 0 Å². The molecule has 2 heterocycles. The normalized spacial score (nSPS) is 21.1. The number of ether oxygens (including phenoxy) is 1. The van der Waals surface area contributed by atoms with Crippen LogP contribution < -0.4 is 4.90 Å². The van der Waals surface area contributed by atoms with Crippen LogP contribution in [-0.2, 0) is 4.74 Å². The largest absolute Gasteiger partial charge is 0.454 e. The molecule has 1 aliphatic rings. The number of non-ortho nitro benzene ring substituents is 1. The smallest absolute Gasteiger partial charge is 0.270 e. The number of furan rings is 1. The predicted molar refractivity (Wildman–Crippen MR) is 94.4 cm³/mol. The van der Waals surface area contributed by atoms with E-state index < -0.39 is 0 Å². The number of nitro benzene ring substituents is 1. The number of hydrogen-bond donors (Lipinski definition) is 0. The third kappa shape index (κ3) is 3.14. The molecule has 3 rings (SSSR count). The first-order valence-corrected chi connectivity index (χ1v) is 8.11. The molecule has 1 fully saturated rings. The van der Waals surface area contributed by atoms with Gasteiger partial charge in [0.15, 0.2) is 5.76 Å². The Labute approximate surface area is 140 Å². The van der Waals surface area contributed by atoms with E-state index in [1.807, 2.05) is 33.8 Å². The molecular weight excluding hydrogens is 308 g/mol. The van der Waals surface area contributed by atoms with Crippen LogP contribution in [0.15, 0.2) is 28.2 Å². The highest BCUT2D eigenvalue weighted by Gasteiger charge is 2.28. The molecule has 128 valence electrons. The molecule has 1 aromatic heterocycles. The van der Waals surface area contributed by atoms with Crippen LogP contribution >= 0.6 is 0 Å². The molecule has 0 aliphatic carbocycles. The number of hydrogen-bond acceptors (Lipinski definition) is 5. The lowest BCUT2D eigenvalue weighted by atomic mass is 10.1. The minimum atomic E-state index is -0.374. The highest BCUT2D eigenvalue weighted by atomic mass is 16.6. The number of rotatable bonds is 3. The van der Waals surface area contributed by atoms with E-state index in [-0.39, 0.29) is 22.8 Å². The average Bonchev–Trinajstić information content (AvgIpc) is 2.81. The lowest BCUT2D eigenvalue weighted by Gasteiger charge is -2.36. The molecule has 1 aromatic carbocycles. The van der Waals surface area contributed by atoms with Gasteiger partial charge >= 0.3 is 0 Å². The van der Waals surface area contributed by atoms with E-state index in [2.05, 4.69) is 4.90 Å². The highest BCUT2D eigenvalue weighted by molar-refractivity contribution is 5.97. The molecule has 0 N–H and O–H groups in total. The summed E-state index contributed by atoms with van der Waals surface area (Å²) in [4.78, 5) is 13.0. The van der Waals surface area contributed by atoms with E-state index in [1.54, 1.807) is 12.1 Å². The van der Waals surface area contributed by atoms with Gasteiger partial charge in [-0.15, -0.1) is 0 Å². The summed E-state index contributed by atoms with van der Waals surface area (Å²) in [6, 6.07) is 4.75. The molecule has 2 aromatic rings. The first-order chi connectivity index (χ1) is 11.3.